The van der Waals surface area contributed by atoms with Crippen LogP contribution in [-0.2, 0) is 0 Å². The van der Waals surface area contributed by atoms with E-state index >= 15 is 0 Å². The lowest BCUT2D eigenvalue weighted by Gasteiger charge is -2.12. The molecule has 74 valence electrons. The highest BCUT2D eigenvalue weighted by atomic mass is 127. The van der Waals surface area contributed by atoms with E-state index in [2.05, 4.69) is 33.8 Å². The molecule has 0 aliphatic heterocycles. The van der Waals surface area contributed by atoms with Crippen LogP contribution >= 0.6 is 34.2 Å². The maximum absolute atomic E-state index is 6.01. The average molecular weight is 320 g/mol. The molecule has 0 radical (unpaired) electrons. The molecule has 0 aliphatic rings. The Kier molecular flexibility index (Phi) is 4.73. The summed E-state index contributed by atoms with van der Waals surface area (Å²) < 4.78 is 1.04. The smallest absolute Gasteiger partial charge is 0.0943 e. The van der Waals surface area contributed by atoms with Crippen molar-refractivity contribution in [3.8, 4) is 12.3 Å². The molecule has 1 aromatic rings. The number of hydrogen-bond acceptors (Lipinski definition) is 1. The Balaban J connectivity index is 2.95. The zero-order valence-electron chi connectivity index (χ0n) is 7.85. The van der Waals surface area contributed by atoms with Crippen LogP contribution < -0.4 is 5.32 Å². The van der Waals surface area contributed by atoms with Crippen LogP contribution in [0.1, 0.15) is 18.5 Å². The molecule has 0 saturated carbocycles. The minimum absolute atomic E-state index is 0.0468. The Labute approximate surface area is 103 Å². The predicted octanol–water partition coefficient (Wildman–Crippen LogP) is 3.23. The molecule has 0 saturated heterocycles. The van der Waals surface area contributed by atoms with Crippen molar-refractivity contribution >= 4 is 34.2 Å². The van der Waals surface area contributed by atoms with Gasteiger partial charge in [-0.05, 0) is 46.8 Å². The first-order valence-corrected chi connectivity index (χ1v) is 5.79. The number of rotatable bonds is 3. The normalized spacial score (nSPS) is 12.1. The second-order valence-corrected chi connectivity index (χ2v) is 4.40. The maximum atomic E-state index is 6.01. The average Bonchev–Trinajstić information content (AvgIpc) is 2.19. The zero-order chi connectivity index (χ0) is 10.6. The number of nitrogens with one attached hydrogen (secondary N) is 1. The molecular weight excluding hydrogens is 308 g/mol. The molecule has 1 atom stereocenters. The summed E-state index contributed by atoms with van der Waals surface area (Å²) in [7, 11) is 0. The van der Waals surface area contributed by atoms with Crippen LogP contribution in [-0.4, -0.2) is 6.54 Å². The van der Waals surface area contributed by atoms with E-state index in [-0.39, 0.29) is 6.04 Å². The molecule has 0 aromatic heterocycles. The van der Waals surface area contributed by atoms with Crippen LogP contribution in [0.4, 0.5) is 0 Å². The highest BCUT2D eigenvalue weighted by Gasteiger charge is 2.07. The van der Waals surface area contributed by atoms with Crippen LogP contribution in [0.25, 0.3) is 0 Å². The topological polar surface area (TPSA) is 12.0 Å². The SMILES string of the molecule is C#CC(NCC)c1ccc(I)c(Cl)c1. The van der Waals surface area contributed by atoms with Gasteiger partial charge in [0.25, 0.3) is 0 Å². The fourth-order valence-electron chi connectivity index (χ4n) is 1.17. The molecule has 0 amide bonds. The Hall–Kier alpha value is -0.240. The van der Waals surface area contributed by atoms with Gasteiger partial charge in [0.1, 0.15) is 0 Å². The molecular formula is C11H11ClIN. The van der Waals surface area contributed by atoms with E-state index in [4.69, 9.17) is 18.0 Å². The lowest BCUT2D eigenvalue weighted by molar-refractivity contribution is 0.665. The number of benzene rings is 1. The van der Waals surface area contributed by atoms with Crippen molar-refractivity contribution in [3.05, 3.63) is 32.4 Å². The summed E-state index contributed by atoms with van der Waals surface area (Å²) >= 11 is 8.21. The van der Waals surface area contributed by atoms with Crippen molar-refractivity contribution in [1.82, 2.24) is 5.32 Å². The largest absolute Gasteiger partial charge is 0.300 e. The third-order valence-corrected chi connectivity index (χ3v) is 3.42. The summed E-state index contributed by atoms with van der Waals surface area (Å²) in [5.41, 5.74) is 1.04. The third kappa shape index (κ3) is 2.88. The van der Waals surface area contributed by atoms with Gasteiger partial charge in [0.2, 0.25) is 0 Å². The molecule has 1 nitrogen and oxygen atoms in total. The fraction of sp³-hybridized carbons (Fsp3) is 0.273. The summed E-state index contributed by atoms with van der Waals surface area (Å²) in [6.07, 6.45) is 5.42. The van der Waals surface area contributed by atoms with E-state index in [1.54, 1.807) is 0 Å². The highest BCUT2D eigenvalue weighted by molar-refractivity contribution is 14.1. The summed E-state index contributed by atoms with van der Waals surface area (Å²) in [6.45, 7) is 2.87. The molecule has 1 aromatic carbocycles. The van der Waals surface area contributed by atoms with E-state index < -0.39 is 0 Å². The fourth-order valence-corrected chi connectivity index (χ4v) is 1.69. The van der Waals surface area contributed by atoms with Gasteiger partial charge in [-0.1, -0.05) is 30.5 Å². The Morgan fingerprint density at radius 2 is 2.36 bits per heavy atom. The van der Waals surface area contributed by atoms with Gasteiger partial charge in [0.05, 0.1) is 11.1 Å². The minimum Gasteiger partial charge on any atom is -0.300 e. The molecule has 14 heavy (non-hydrogen) atoms. The van der Waals surface area contributed by atoms with Crippen LogP contribution in [0, 0.1) is 15.9 Å². The van der Waals surface area contributed by atoms with E-state index in [9.17, 15) is 0 Å². The molecule has 1 N–H and O–H groups in total. The highest BCUT2D eigenvalue weighted by Crippen LogP contribution is 2.22. The van der Waals surface area contributed by atoms with Crippen LogP contribution in [0.2, 0.25) is 5.02 Å². The maximum Gasteiger partial charge on any atom is 0.0943 e. The molecule has 0 heterocycles. The second-order valence-electron chi connectivity index (χ2n) is 2.83. The number of halogens is 2. The van der Waals surface area contributed by atoms with Crippen molar-refractivity contribution in [1.29, 1.82) is 0 Å². The van der Waals surface area contributed by atoms with Crippen molar-refractivity contribution < 1.29 is 0 Å². The zero-order valence-corrected chi connectivity index (χ0v) is 10.8. The molecule has 0 spiro atoms. The summed E-state index contributed by atoms with van der Waals surface area (Å²) in [6, 6.07) is 5.84. The van der Waals surface area contributed by atoms with Crippen molar-refractivity contribution in [2.75, 3.05) is 6.54 Å². The van der Waals surface area contributed by atoms with Crippen molar-refractivity contribution in [2.24, 2.45) is 0 Å². The van der Waals surface area contributed by atoms with Gasteiger partial charge in [-0.2, -0.15) is 0 Å². The van der Waals surface area contributed by atoms with E-state index in [1.807, 2.05) is 25.1 Å². The first-order valence-electron chi connectivity index (χ1n) is 4.33. The van der Waals surface area contributed by atoms with Gasteiger partial charge in [-0.3, -0.25) is 0 Å². The van der Waals surface area contributed by atoms with Gasteiger partial charge in [0.15, 0.2) is 0 Å². The van der Waals surface area contributed by atoms with Gasteiger partial charge in [0, 0.05) is 3.57 Å². The van der Waals surface area contributed by atoms with Gasteiger partial charge < -0.3 is 5.32 Å². The van der Waals surface area contributed by atoms with Gasteiger partial charge >= 0.3 is 0 Å². The van der Waals surface area contributed by atoms with Crippen LogP contribution in [0.5, 0.6) is 0 Å². The standard InChI is InChI=1S/C11H11ClIN/c1-3-11(14-4-2)8-5-6-10(13)9(12)7-8/h1,5-7,11,14H,4H2,2H3. The molecule has 1 unspecified atom stereocenters. The van der Waals surface area contributed by atoms with Crippen LogP contribution in [0.3, 0.4) is 0 Å². The lowest BCUT2D eigenvalue weighted by atomic mass is 10.1. The first kappa shape index (κ1) is 11.8. The second kappa shape index (κ2) is 5.59. The van der Waals surface area contributed by atoms with E-state index in [0.717, 1.165) is 20.7 Å². The number of hydrogen-bond donors (Lipinski definition) is 1. The van der Waals surface area contributed by atoms with Gasteiger partial charge in [-0.15, -0.1) is 6.42 Å². The van der Waals surface area contributed by atoms with Crippen molar-refractivity contribution in [3.63, 3.8) is 0 Å². The number of terminal acetylenes is 1. The Morgan fingerprint density at radius 1 is 1.64 bits per heavy atom. The molecule has 0 fully saturated rings. The summed E-state index contributed by atoms with van der Waals surface area (Å²) in [5.74, 6) is 2.69. The van der Waals surface area contributed by atoms with Gasteiger partial charge in [-0.25, -0.2) is 0 Å². The van der Waals surface area contributed by atoms with Crippen molar-refractivity contribution in [2.45, 2.75) is 13.0 Å². The molecule has 0 bridgehead atoms. The van der Waals surface area contributed by atoms with Crippen LogP contribution in [0.15, 0.2) is 18.2 Å². The van der Waals surface area contributed by atoms with E-state index in [0.29, 0.717) is 0 Å². The molecule has 3 heteroatoms. The predicted molar refractivity (Wildman–Crippen MR) is 69.4 cm³/mol. The van der Waals surface area contributed by atoms with E-state index in [1.165, 1.54) is 0 Å². The molecule has 1 rings (SSSR count). The third-order valence-electron chi connectivity index (χ3n) is 1.85. The molecule has 0 aliphatic carbocycles. The summed E-state index contributed by atoms with van der Waals surface area (Å²) in [5, 5.41) is 3.95. The first-order chi connectivity index (χ1) is 6.69. The Morgan fingerprint density at radius 3 is 2.86 bits per heavy atom. The summed E-state index contributed by atoms with van der Waals surface area (Å²) in [4.78, 5) is 0. The minimum atomic E-state index is -0.0468. The Bertz CT molecular complexity index is 357. The monoisotopic (exact) mass is 319 g/mol. The quantitative estimate of drug-likeness (QED) is 0.666. The lowest BCUT2D eigenvalue weighted by Crippen LogP contribution is -2.19.